The van der Waals surface area contributed by atoms with Crippen molar-refractivity contribution in [1.82, 2.24) is 20.2 Å². The van der Waals surface area contributed by atoms with Crippen molar-refractivity contribution in [1.29, 1.82) is 0 Å². The van der Waals surface area contributed by atoms with Crippen molar-refractivity contribution in [2.24, 2.45) is 0 Å². The van der Waals surface area contributed by atoms with E-state index in [4.69, 9.17) is 5.73 Å². The lowest BCUT2D eigenvalue weighted by molar-refractivity contribution is 0.0942. The molecule has 1 aromatic rings. The maximum atomic E-state index is 11.8. The van der Waals surface area contributed by atoms with Gasteiger partial charge in [-0.15, -0.1) is 0 Å². The number of nitrogen functional groups attached to an aromatic ring is 1. The molecule has 1 fully saturated rings. The number of nitrogens with one attached hydrogen (secondary N) is 1. The van der Waals surface area contributed by atoms with E-state index in [2.05, 4.69) is 27.2 Å². The minimum absolute atomic E-state index is 0.223. The monoisotopic (exact) mass is 263 g/mol. The molecular formula is C13H21N5O. The number of carbonyl (C=O) groups is 1. The van der Waals surface area contributed by atoms with E-state index in [-0.39, 0.29) is 17.4 Å². The zero-order chi connectivity index (χ0) is 13.7. The zero-order valence-corrected chi connectivity index (χ0v) is 11.3. The van der Waals surface area contributed by atoms with E-state index >= 15 is 0 Å². The quantitative estimate of drug-likeness (QED) is 0.815. The van der Waals surface area contributed by atoms with Gasteiger partial charge in [0, 0.05) is 19.1 Å². The van der Waals surface area contributed by atoms with Gasteiger partial charge in [-0.25, -0.2) is 4.98 Å². The topological polar surface area (TPSA) is 84.1 Å². The fourth-order valence-corrected chi connectivity index (χ4v) is 2.45. The Hall–Kier alpha value is -1.69. The van der Waals surface area contributed by atoms with Crippen molar-refractivity contribution in [3.63, 3.8) is 0 Å². The van der Waals surface area contributed by atoms with Gasteiger partial charge in [-0.1, -0.05) is 12.8 Å². The normalized spacial score (nSPS) is 15.9. The van der Waals surface area contributed by atoms with Gasteiger partial charge in [0.2, 0.25) is 0 Å². The maximum Gasteiger partial charge on any atom is 0.271 e. The first-order valence-corrected chi connectivity index (χ1v) is 6.73. The van der Waals surface area contributed by atoms with Crippen molar-refractivity contribution < 1.29 is 4.79 Å². The first kappa shape index (κ1) is 13.7. The molecule has 6 nitrogen and oxygen atoms in total. The molecule has 0 bridgehead atoms. The van der Waals surface area contributed by atoms with Crippen LogP contribution in [0, 0.1) is 0 Å². The Morgan fingerprint density at radius 1 is 1.47 bits per heavy atom. The molecule has 1 amide bonds. The van der Waals surface area contributed by atoms with E-state index in [1.54, 1.807) is 0 Å². The summed E-state index contributed by atoms with van der Waals surface area (Å²) in [4.78, 5) is 21.9. The van der Waals surface area contributed by atoms with Gasteiger partial charge < -0.3 is 16.0 Å². The van der Waals surface area contributed by atoms with Crippen molar-refractivity contribution in [2.75, 3.05) is 25.9 Å². The molecule has 6 heteroatoms. The molecule has 3 N–H and O–H groups in total. The summed E-state index contributed by atoms with van der Waals surface area (Å²) in [6.45, 7) is 1.47. The third-order valence-corrected chi connectivity index (χ3v) is 3.58. The van der Waals surface area contributed by atoms with Gasteiger partial charge in [0.25, 0.3) is 5.91 Å². The number of likely N-dealkylation sites (N-methyl/N-ethyl adjacent to an activating group) is 1. The van der Waals surface area contributed by atoms with Gasteiger partial charge in [0.1, 0.15) is 11.5 Å². The zero-order valence-electron chi connectivity index (χ0n) is 11.3. The Kier molecular flexibility index (Phi) is 4.68. The highest BCUT2D eigenvalue weighted by Crippen LogP contribution is 2.21. The Bertz CT molecular complexity index is 431. The molecule has 1 aliphatic carbocycles. The maximum absolute atomic E-state index is 11.8. The Morgan fingerprint density at radius 3 is 2.89 bits per heavy atom. The lowest BCUT2D eigenvalue weighted by atomic mass is 10.2. The number of hydrogen-bond donors (Lipinski definition) is 2. The summed E-state index contributed by atoms with van der Waals surface area (Å²) < 4.78 is 0. The summed E-state index contributed by atoms with van der Waals surface area (Å²) in [6, 6.07) is 0.670. The average Bonchev–Trinajstić information content (AvgIpc) is 2.92. The number of hydrogen-bond acceptors (Lipinski definition) is 5. The molecule has 104 valence electrons. The minimum atomic E-state index is -0.223. The first-order chi connectivity index (χ1) is 9.16. The molecule has 0 unspecified atom stereocenters. The number of aromatic nitrogens is 2. The molecule has 2 rings (SSSR count). The van der Waals surface area contributed by atoms with Gasteiger partial charge in [-0.05, 0) is 19.9 Å². The predicted molar refractivity (Wildman–Crippen MR) is 73.7 cm³/mol. The van der Waals surface area contributed by atoms with Crippen LogP contribution < -0.4 is 11.1 Å². The van der Waals surface area contributed by atoms with Crippen LogP contribution in [0.1, 0.15) is 36.2 Å². The van der Waals surface area contributed by atoms with Crippen molar-refractivity contribution in [2.45, 2.75) is 31.7 Å². The molecule has 0 saturated heterocycles. The first-order valence-electron chi connectivity index (χ1n) is 6.73. The van der Waals surface area contributed by atoms with Crippen LogP contribution in [-0.2, 0) is 0 Å². The standard InChI is InChI=1S/C13H21N5O/c1-18(10-4-2-3-5-10)7-6-16-13(19)11-8-15-9-12(14)17-11/h8-10H,2-7H2,1H3,(H2,14,17)(H,16,19). The van der Waals surface area contributed by atoms with E-state index in [9.17, 15) is 4.79 Å². The number of rotatable bonds is 5. The smallest absolute Gasteiger partial charge is 0.271 e. The summed E-state index contributed by atoms with van der Waals surface area (Å²) >= 11 is 0. The lowest BCUT2D eigenvalue weighted by Gasteiger charge is -2.23. The van der Waals surface area contributed by atoms with E-state index in [1.165, 1.54) is 38.1 Å². The second-order valence-corrected chi connectivity index (χ2v) is 5.00. The second-order valence-electron chi connectivity index (χ2n) is 5.00. The highest BCUT2D eigenvalue weighted by molar-refractivity contribution is 5.92. The summed E-state index contributed by atoms with van der Waals surface area (Å²) in [5.41, 5.74) is 5.76. The molecule has 0 radical (unpaired) electrons. The molecule has 1 aromatic heterocycles. The van der Waals surface area contributed by atoms with E-state index in [1.807, 2.05) is 0 Å². The number of anilines is 1. The Balaban J connectivity index is 1.74. The number of nitrogens with two attached hydrogens (primary N) is 1. The molecule has 0 aliphatic heterocycles. The van der Waals surface area contributed by atoms with Crippen molar-refractivity contribution >= 4 is 11.7 Å². The SMILES string of the molecule is CN(CCNC(=O)c1cncc(N)n1)C1CCCC1. The summed E-state index contributed by atoms with van der Waals surface area (Å²) in [5, 5.41) is 2.84. The van der Waals surface area contributed by atoms with Crippen LogP contribution in [0.15, 0.2) is 12.4 Å². The van der Waals surface area contributed by atoms with Gasteiger partial charge in [0.15, 0.2) is 0 Å². The van der Waals surface area contributed by atoms with Gasteiger partial charge in [-0.2, -0.15) is 0 Å². The Labute approximate surface area is 113 Å². The van der Waals surface area contributed by atoms with Crippen LogP contribution in [0.4, 0.5) is 5.82 Å². The van der Waals surface area contributed by atoms with Crippen LogP contribution in [0.25, 0.3) is 0 Å². The van der Waals surface area contributed by atoms with Crippen LogP contribution in [0.2, 0.25) is 0 Å². The van der Waals surface area contributed by atoms with Crippen molar-refractivity contribution in [3.8, 4) is 0 Å². The van der Waals surface area contributed by atoms with Crippen LogP contribution in [-0.4, -0.2) is 47.0 Å². The Morgan fingerprint density at radius 2 is 2.21 bits per heavy atom. The summed E-state index contributed by atoms with van der Waals surface area (Å²) in [6.07, 6.45) is 8.02. The second kappa shape index (κ2) is 6.47. The third-order valence-electron chi connectivity index (χ3n) is 3.58. The third kappa shape index (κ3) is 3.89. The fourth-order valence-electron chi connectivity index (χ4n) is 2.45. The van der Waals surface area contributed by atoms with Gasteiger partial charge in [0.05, 0.1) is 12.4 Å². The number of carbonyl (C=O) groups excluding carboxylic acids is 1. The van der Waals surface area contributed by atoms with Crippen LogP contribution in [0.3, 0.4) is 0 Å². The molecule has 1 saturated carbocycles. The highest BCUT2D eigenvalue weighted by Gasteiger charge is 2.19. The van der Waals surface area contributed by atoms with Gasteiger partial charge >= 0.3 is 0 Å². The summed E-state index contributed by atoms with van der Waals surface area (Å²) in [7, 11) is 2.11. The molecular weight excluding hydrogens is 242 g/mol. The van der Waals surface area contributed by atoms with Crippen molar-refractivity contribution in [3.05, 3.63) is 18.1 Å². The van der Waals surface area contributed by atoms with Crippen LogP contribution in [0.5, 0.6) is 0 Å². The van der Waals surface area contributed by atoms with E-state index in [0.717, 1.165) is 6.54 Å². The molecule has 1 aliphatic rings. The van der Waals surface area contributed by atoms with Gasteiger partial charge in [-0.3, -0.25) is 9.78 Å². The van der Waals surface area contributed by atoms with E-state index < -0.39 is 0 Å². The minimum Gasteiger partial charge on any atom is -0.382 e. The molecule has 0 aromatic carbocycles. The molecule has 0 spiro atoms. The molecule has 0 atom stereocenters. The molecule has 19 heavy (non-hydrogen) atoms. The number of amides is 1. The average molecular weight is 263 g/mol. The highest BCUT2D eigenvalue weighted by atomic mass is 16.1. The lowest BCUT2D eigenvalue weighted by Crippen LogP contribution is -2.37. The molecule has 1 heterocycles. The fraction of sp³-hybridized carbons (Fsp3) is 0.615. The van der Waals surface area contributed by atoms with E-state index in [0.29, 0.717) is 12.6 Å². The number of nitrogens with zero attached hydrogens (tertiary/aromatic N) is 3. The predicted octanol–water partition coefficient (Wildman–Crippen LogP) is 0.663. The summed E-state index contributed by atoms with van der Waals surface area (Å²) in [5.74, 6) is 0.0374. The van der Waals surface area contributed by atoms with Crippen LogP contribution >= 0.6 is 0 Å². The largest absolute Gasteiger partial charge is 0.382 e.